The van der Waals surface area contributed by atoms with Gasteiger partial charge in [-0.05, 0) is 30.8 Å². The third-order valence-corrected chi connectivity index (χ3v) is 6.84. The molecule has 0 aliphatic carbocycles. The van der Waals surface area contributed by atoms with Crippen LogP contribution in [0.1, 0.15) is 30.5 Å². The summed E-state index contributed by atoms with van der Waals surface area (Å²) < 4.78 is 7.06. The van der Waals surface area contributed by atoms with Gasteiger partial charge in [-0.15, -0.1) is 11.3 Å². The van der Waals surface area contributed by atoms with Gasteiger partial charge in [-0.25, -0.2) is 14.6 Å². The maximum atomic E-state index is 12.5. The Hall–Kier alpha value is -2.36. The summed E-state index contributed by atoms with van der Waals surface area (Å²) in [5, 5.41) is 11.3. The molecular formula is C21H26N6O2S. The van der Waals surface area contributed by atoms with E-state index in [0.717, 1.165) is 59.8 Å². The molecule has 0 radical (unpaired) electrons. The Balaban J connectivity index is 1.24. The Kier molecular flexibility index (Phi) is 5.74. The number of anilines is 1. The van der Waals surface area contributed by atoms with Gasteiger partial charge in [0.25, 0.3) is 5.56 Å². The highest BCUT2D eigenvalue weighted by atomic mass is 32.1. The van der Waals surface area contributed by atoms with E-state index < -0.39 is 0 Å². The topological polar surface area (TPSA) is 85.2 Å². The second-order valence-corrected chi connectivity index (χ2v) is 8.80. The number of likely N-dealkylation sites (tertiary alicyclic amines) is 1. The van der Waals surface area contributed by atoms with Crippen molar-refractivity contribution in [3.8, 4) is 0 Å². The van der Waals surface area contributed by atoms with Crippen LogP contribution in [0.2, 0.25) is 0 Å². The Morgan fingerprint density at radius 2 is 2.23 bits per heavy atom. The number of rotatable bonds is 6. The monoisotopic (exact) mass is 426 g/mol. The van der Waals surface area contributed by atoms with E-state index >= 15 is 0 Å². The fourth-order valence-electron chi connectivity index (χ4n) is 4.37. The molecule has 0 bridgehead atoms. The summed E-state index contributed by atoms with van der Waals surface area (Å²) in [6.45, 7) is 4.51. The largest absolute Gasteiger partial charge is 0.376 e. The van der Waals surface area contributed by atoms with E-state index in [4.69, 9.17) is 4.74 Å². The second-order valence-electron chi connectivity index (χ2n) is 7.91. The van der Waals surface area contributed by atoms with Crippen LogP contribution in [0.15, 0.2) is 28.6 Å². The van der Waals surface area contributed by atoms with Gasteiger partial charge < -0.3 is 10.1 Å². The summed E-state index contributed by atoms with van der Waals surface area (Å²) in [6, 6.07) is 4.18. The first kappa shape index (κ1) is 19.6. The van der Waals surface area contributed by atoms with Crippen LogP contribution in [0, 0.1) is 0 Å². The predicted molar refractivity (Wildman–Crippen MR) is 117 cm³/mol. The Morgan fingerprint density at radius 3 is 3.20 bits per heavy atom. The second kappa shape index (κ2) is 8.79. The molecule has 9 heteroatoms. The van der Waals surface area contributed by atoms with Gasteiger partial charge >= 0.3 is 0 Å². The van der Waals surface area contributed by atoms with E-state index in [0.29, 0.717) is 25.8 Å². The van der Waals surface area contributed by atoms with Gasteiger partial charge in [0, 0.05) is 37.2 Å². The molecule has 0 amide bonds. The maximum absolute atomic E-state index is 12.5. The molecule has 3 aromatic heterocycles. The van der Waals surface area contributed by atoms with Crippen molar-refractivity contribution in [3.63, 3.8) is 0 Å². The van der Waals surface area contributed by atoms with E-state index in [1.165, 1.54) is 12.8 Å². The van der Waals surface area contributed by atoms with E-state index in [1.807, 2.05) is 5.38 Å². The lowest BCUT2D eigenvalue weighted by Crippen LogP contribution is -2.46. The van der Waals surface area contributed by atoms with Gasteiger partial charge in [0.1, 0.15) is 17.0 Å². The minimum atomic E-state index is -0.0354. The highest BCUT2D eigenvalue weighted by molar-refractivity contribution is 7.16. The van der Waals surface area contributed by atoms with E-state index in [9.17, 15) is 4.79 Å². The molecule has 1 N–H and O–H groups in total. The Labute approximate surface area is 178 Å². The zero-order valence-electron chi connectivity index (χ0n) is 16.9. The minimum Gasteiger partial charge on any atom is -0.376 e. The summed E-state index contributed by atoms with van der Waals surface area (Å²) in [4.78, 5) is 24.7. The first-order chi connectivity index (χ1) is 14.8. The molecule has 1 saturated heterocycles. The third kappa shape index (κ3) is 4.10. The summed E-state index contributed by atoms with van der Waals surface area (Å²) in [5.74, 6) is 0.904. The standard InChI is InChI=1S/C21H26N6O2S/c28-19-11-15-13-29-9-4-18(15)25-27(19)8-7-26-6-2-1-3-16(26)12-22-20-17-5-10-30-21(17)24-14-23-20/h5,10-11,14,16H,1-4,6-9,12-13H2,(H,22,23,24). The third-order valence-electron chi connectivity index (χ3n) is 6.02. The van der Waals surface area contributed by atoms with Crippen molar-refractivity contribution in [2.75, 3.05) is 31.6 Å². The summed E-state index contributed by atoms with van der Waals surface area (Å²) in [5.41, 5.74) is 1.90. The average molecular weight is 427 g/mol. The normalized spacial score (nSPS) is 19.7. The van der Waals surface area contributed by atoms with Crippen LogP contribution in [0.25, 0.3) is 10.2 Å². The van der Waals surface area contributed by atoms with Gasteiger partial charge in [0.2, 0.25) is 0 Å². The lowest BCUT2D eigenvalue weighted by Gasteiger charge is -2.36. The molecule has 0 saturated carbocycles. The fourth-order valence-corrected chi connectivity index (χ4v) is 5.10. The van der Waals surface area contributed by atoms with Gasteiger partial charge in [0.05, 0.1) is 30.8 Å². The number of hydrogen-bond acceptors (Lipinski definition) is 8. The fraction of sp³-hybridized carbons (Fsp3) is 0.524. The van der Waals surface area contributed by atoms with Crippen LogP contribution in [0.3, 0.4) is 0 Å². The zero-order chi connectivity index (χ0) is 20.3. The summed E-state index contributed by atoms with van der Waals surface area (Å²) in [6.07, 6.45) is 5.98. The Bertz CT molecular complexity index is 1080. The van der Waals surface area contributed by atoms with E-state index in [1.54, 1.807) is 28.4 Å². The summed E-state index contributed by atoms with van der Waals surface area (Å²) in [7, 11) is 0. The molecule has 5 heterocycles. The lowest BCUT2D eigenvalue weighted by molar-refractivity contribution is 0.107. The molecule has 1 atom stereocenters. The molecule has 158 valence electrons. The van der Waals surface area contributed by atoms with Crippen LogP contribution in [-0.4, -0.2) is 56.9 Å². The number of nitrogens with zero attached hydrogens (tertiary/aromatic N) is 5. The van der Waals surface area contributed by atoms with Crippen molar-refractivity contribution in [3.05, 3.63) is 45.5 Å². The van der Waals surface area contributed by atoms with Crippen LogP contribution in [0.5, 0.6) is 0 Å². The smallest absolute Gasteiger partial charge is 0.267 e. The van der Waals surface area contributed by atoms with Crippen molar-refractivity contribution in [2.45, 2.75) is 44.9 Å². The molecule has 8 nitrogen and oxygen atoms in total. The number of fused-ring (bicyclic) bond motifs is 2. The van der Waals surface area contributed by atoms with Crippen LogP contribution >= 0.6 is 11.3 Å². The minimum absolute atomic E-state index is 0.0354. The number of piperidine rings is 1. The van der Waals surface area contributed by atoms with Gasteiger partial charge in [0.15, 0.2) is 0 Å². The first-order valence-electron chi connectivity index (χ1n) is 10.6. The lowest BCUT2D eigenvalue weighted by atomic mass is 10.0. The van der Waals surface area contributed by atoms with Crippen molar-refractivity contribution in [1.82, 2.24) is 24.6 Å². The van der Waals surface area contributed by atoms with Crippen LogP contribution in [0.4, 0.5) is 5.82 Å². The maximum Gasteiger partial charge on any atom is 0.267 e. The van der Waals surface area contributed by atoms with Gasteiger partial charge in [-0.3, -0.25) is 9.69 Å². The number of aromatic nitrogens is 4. The van der Waals surface area contributed by atoms with Crippen molar-refractivity contribution in [2.24, 2.45) is 0 Å². The predicted octanol–water partition coefficient (Wildman–Crippen LogP) is 2.29. The van der Waals surface area contributed by atoms with Crippen molar-refractivity contribution < 1.29 is 4.74 Å². The van der Waals surface area contributed by atoms with Crippen LogP contribution in [-0.2, 0) is 24.3 Å². The van der Waals surface area contributed by atoms with Crippen LogP contribution < -0.4 is 10.9 Å². The highest BCUT2D eigenvalue weighted by Crippen LogP contribution is 2.24. The molecular weight excluding hydrogens is 400 g/mol. The van der Waals surface area contributed by atoms with Crippen molar-refractivity contribution >= 4 is 27.4 Å². The van der Waals surface area contributed by atoms with E-state index in [-0.39, 0.29) is 5.56 Å². The highest BCUT2D eigenvalue weighted by Gasteiger charge is 2.23. The number of thiophene rings is 1. The van der Waals surface area contributed by atoms with Crippen molar-refractivity contribution in [1.29, 1.82) is 0 Å². The van der Waals surface area contributed by atoms with Gasteiger partial charge in [-0.1, -0.05) is 6.42 Å². The molecule has 1 fully saturated rings. The van der Waals surface area contributed by atoms with Gasteiger partial charge in [-0.2, -0.15) is 5.10 Å². The SMILES string of the molecule is O=c1cc2c(nn1CCN1CCCCC1CNc1ncnc3sccc13)CCOC2. The molecule has 30 heavy (non-hydrogen) atoms. The Morgan fingerprint density at radius 1 is 1.27 bits per heavy atom. The first-order valence-corrected chi connectivity index (χ1v) is 11.5. The molecule has 2 aliphatic heterocycles. The molecule has 2 aliphatic rings. The zero-order valence-corrected chi connectivity index (χ0v) is 17.7. The molecule has 0 spiro atoms. The average Bonchev–Trinajstić information content (AvgIpc) is 3.26. The molecule has 3 aromatic rings. The quantitative estimate of drug-likeness (QED) is 0.647. The molecule has 0 aromatic carbocycles. The number of ether oxygens (including phenoxy) is 1. The summed E-state index contributed by atoms with van der Waals surface area (Å²) >= 11 is 1.63. The molecule has 5 rings (SSSR count). The number of hydrogen-bond donors (Lipinski definition) is 1. The molecule has 1 unspecified atom stereocenters. The van der Waals surface area contributed by atoms with E-state index in [2.05, 4.69) is 31.3 Å². The number of nitrogens with one attached hydrogen (secondary N) is 1.